The highest BCUT2D eigenvalue weighted by Crippen LogP contribution is 2.24. The molecule has 0 spiro atoms. The Kier molecular flexibility index (Phi) is 3.28. The molecule has 2 N–H and O–H groups in total. The molecule has 0 aliphatic heterocycles. The molecule has 0 bridgehead atoms. The van der Waals surface area contributed by atoms with Crippen molar-refractivity contribution < 1.29 is 4.79 Å². The van der Waals surface area contributed by atoms with Gasteiger partial charge in [0.1, 0.15) is 5.69 Å². The number of hydrogen-bond acceptors (Lipinski definition) is 1. The van der Waals surface area contributed by atoms with Gasteiger partial charge in [0.2, 0.25) is 0 Å². The first-order valence-electron chi connectivity index (χ1n) is 7.12. The second-order valence-corrected chi connectivity index (χ2v) is 5.61. The van der Waals surface area contributed by atoms with E-state index in [2.05, 4.69) is 17.2 Å². The van der Waals surface area contributed by atoms with Crippen LogP contribution in [0.3, 0.4) is 0 Å². The van der Waals surface area contributed by atoms with E-state index < -0.39 is 0 Å². The van der Waals surface area contributed by atoms with Gasteiger partial charge in [-0.15, -0.1) is 0 Å². The number of amides is 1. The zero-order valence-corrected chi connectivity index (χ0v) is 11.3. The maximum absolute atomic E-state index is 12.3. The molecule has 1 amide bonds. The molecule has 2 aromatic rings. The van der Waals surface area contributed by atoms with Gasteiger partial charge >= 0.3 is 0 Å². The Bertz CT molecular complexity index is 554. The molecule has 0 radical (unpaired) electrons. The number of carbonyl (C=O) groups is 1. The van der Waals surface area contributed by atoms with Gasteiger partial charge in [0.25, 0.3) is 5.91 Å². The summed E-state index contributed by atoms with van der Waals surface area (Å²) in [6.07, 6.45) is 4.84. The SMILES string of the molecule is C[C@H]1CCCC[C@H]1NC(=O)c1cc2ccccc2[nH]1. The lowest BCUT2D eigenvalue weighted by Crippen LogP contribution is -2.41. The fraction of sp³-hybridized carbons (Fsp3) is 0.438. The number of rotatable bonds is 2. The number of carbonyl (C=O) groups excluding carboxylic acids is 1. The Labute approximate surface area is 113 Å². The van der Waals surface area contributed by atoms with Crippen molar-refractivity contribution in [1.29, 1.82) is 0 Å². The van der Waals surface area contributed by atoms with Gasteiger partial charge in [0, 0.05) is 16.9 Å². The van der Waals surface area contributed by atoms with Crippen LogP contribution >= 0.6 is 0 Å². The summed E-state index contributed by atoms with van der Waals surface area (Å²) in [5.41, 5.74) is 1.68. The van der Waals surface area contributed by atoms with E-state index in [1.54, 1.807) is 0 Å². The minimum atomic E-state index is 0.0231. The minimum Gasteiger partial charge on any atom is -0.351 e. The predicted octanol–water partition coefficient (Wildman–Crippen LogP) is 3.48. The molecule has 100 valence electrons. The van der Waals surface area contributed by atoms with Crippen LogP contribution in [0.15, 0.2) is 30.3 Å². The Morgan fingerprint density at radius 2 is 2.05 bits per heavy atom. The van der Waals surface area contributed by atoms with Crippen molar-refractivity contribution in [2.24, 2.45) is 5.92 Å². The van der Waals surface area contributed by atoms with Crippen LogP contribution in [0.1, 0.15) is 43.1 Å². The standard InChI is InChI=1S/C16H20N2O/c1-11-6-2-4-8-13(11)18-16(19)15-10-12-7-3-5-9-14(12)17-15/h3,5,7,9-11,13,17H,2,4,6,8H2,1H3,(H,18,19)/t11-,13+/m0/s1. The molecule has 1 saturated carbocycles. The number of fused-ring (bicyclic) bond motifs is 1. The largest absolute Gasteiger partial charge is 0.351 e. The third-order valence-corrected chi connectivity index (χ3v) is 4.20. The van der Waals surface area contributed by atoms with Crippen molar-refractivity contribution in [3.05, 3.63) is 36.0 Å². The van der Waals surface area contributed by atoms with Gasteiger partial charge in [-0.2, -0.15) is 0 Å². The highest BCUT2D eigenvalue weighted by molar-refractivity contribution is 5.98. The first-order valence-corrected chi connectivity index (χ1v) is 7.12. The number of nitrogens with one attached hydrogen (secondary N) is 2. The lowest BCUT2D eigenvalue weighted by atomic mass is 9.86. The molecule has 1 aliphatic rings. The van der Waals surface area contributed by atoms with Gasteiger partial charge in [-0.05, 0) is 30.9 Å². The van der Waals surface area contributed by atoms with Gasteiger partial charge in [-0.1, -0.05) is 38.0 Å². The van der Waals surface area contributed by atoms with E-state index in [0.717, 1.165) is 17.3 Å². The lowest BCUT2D eigenvalue weighted by molar-refractivity contribution is 0.0906. The lowest BCUT2D eigenvalue weighted by Gasteiger charge is -2.29. The number of para-hydroxylation sites is 1. The highest BCUT2D eigenvalue weighted by Gasteiger charge is 2.23. The van der Waals surface area contributed by atoms with E-state index >= 15 is 0 Å². The number of benzene rings is 1. The van der Waals surface area contributed by atoms with E-state index in [-0.39, 0.29) is 5.91 Å². The zero-order valence-electron chi connectivity index (χ0n) is 11.3. The topological polar surface area (TPSA) is 44.9 Å². The van der Waals surface area contributed by atoms with Crippen LogP contribution in [-0.2, 0) is 0 Å². The fourth-order valence-corrected chi connectivity index (χ4v) is 2.97. The first kappa shape index (κ1) is 12.3. The number of hydrogen-bond donors (Lipinski definition) is 2. The zero-order chi connectivity index (χ0) is 13.2. The van der Waals surface area contributed by atoms with Crippen molar-refractivity contribution in [1.82, 2.24) is 10.3 Å². The summed E-state index contributed by atoms with van der Waals surface area (Å²) in [6.45, 7) is 2.23. The summed E-state index contributed by atoms with van der Waals surface area (Å²) in [7, 11) is 0. The van der Waals surface area contributed by atoms with Crippen molar-refractivity contribution in [3.8, 4) is 0 Å². The molecule has 19 heavy (non-hydrogen) atoms. The average molecular weight is 256 g/mol. The summed E-state index contributed by atoms with van der Waals surface area (Å²) in [6, 6.07) is 10.2. The molecule has 1 fully saturated rings. The van der Waals surface area contributed by atoms with Gasteiger partial charge < -0.3 is 10.3 Å². The van der Waals surface area contributed by atoms with E-state index in [1.165, 1.54) is 19.3 Å². The monoisotopic (exact) mass is 256 g/mol. The quantitative estimate of drug-likeness (QED) is 0.849. The average Bonchev–Trinajstić information content (AvgIpc) is 2.85. The van der Waals surface area contributed by atoms with Crippen LogP contribution in [0.5, 0.6) is 0 Å². The van der Waals surface area contributed by atoms with Gasteiger partial charge in [0.05, 0.1) is 0 Å². The molecular weight excluding hydrogens is 236 g/mol. The van der Waals surface area contributed by atoms with Crippen LogP contribution in [-0.4, -0.2) is 16.9 Å². The Hall–Kier alpha value is -1.77. The second-order valence-electron chi connectivity index (χ2n) is 5.61. The van der Waals surface area contributed by atoms with E-state index in [0.29, 0.717) is 17.7 Å². The number of aromatic amines is 1. The molecule has 3 nitrogen and oxygen atoms in total. The smallest absolute Gasteiger partial charge is 0.267 e. The van der Waals surface area contributed by atoms with E-state index in [9.17, 15) is 4.79 Å². The maximum Gasteiger partial charge on any atom is 0.267 e. The highest BCUT2D eigenvalue weighted by atomic mass is 16.1. The van der Waals surface area contributed by atoms with Gasteiger partial charge in [0.15, 0.2) is 0 Å². The third kappa shape index (κ3) is 2.50. The fourth-order valence-electron chi connectivity index (χ4n) is 2.97. The molecule has 3 rings (SSSR count). The van der Waals surface area contributed by atoms with Gasteiger partial charge in [-0.25, -0.2) is 0 Å². The van der Waals surface area contributed by atoms with Crippen LogP contribution < -0.4 is 5.32 Å². The van der Waals surface area contributed by atoms with Crippen LogP contribution in [0.4, 0.5) is 0 Å². The predicted molar refractivity (Wildman–Crippen MR) is 77.2 cm³/mol. The molecule has 0 unspecified atom stereocenters. The van der Waals surface area contributed by atoms with E-state index in [4.69, 9.17) is 0 Å². The summed E-state index contributed by atoms with van der Waals surface area (Å²) < 4.78 is 0. The van der Waals surface area contributed by atoms with Crippen LogP contribution in [0.2, 0.25) is 0 Å². The normalized spacial score (nSPS) is 23.4. The molecule has 1 aliphatic carbocycles. The second kappa shape index (κ2) is 5.08. The molecule has 1 heterocycles. The van der Waals surface area contributed by atoms with E-state index in [1.807, 2.05) is 30.3 Å². The Balaban J connectivity index is 1.76. The molecule has 2 atom stereocenters. The van der Waals surface area contributed by atoms with Crippen LogP contribution in [0, 0.1) is 5.92 Å². The van der Waals surface area contributed by atoms with Crippen molar-refractivity contribution in [2.75, 3.05) is 0 Å². The number of H-pyrrole nitrogens is 1. The maximum atomic E-state index is 12.3. The van der Waals surface area contributed by atoms with Crippen molar-refractivity contribution >= 4 is 16.8 Å². The van der Waals surface area contributed by atoms with Gasteiger partial charge in [-0.3, -0.25) is 4.79 Å². The summed E-state index contributed by atoms with van der Waals surface area (Å²) >= 11 is 0. The molecular formula is C16H20N2O. The summed E-state index contributed by atoms with van der Waals surface area (Å²) in [5.74, 6) is 0.608. The van der Waals surface area contributed by atoms with Crippen molar-refractivity contribution in [2.45, 2.75) is 38.6 Å². The molecule has 3 heteroatoms. The summed E-state index contributed by atoms with van der Waals surface area (Å²) in [4.78, 5) is 15.5. The van der Waals surface area contributed by atoms with Crippen LogP contribution in [0.25, 0.3) is 10.9 Å². The Morgan fingerprint density at radius 1 is 1.26 bits per heavy atom. The molecule has 0 saturated heterocycles. The van der Waals surface area contributed by atoms with Crippen molar-refractivity contribution in [3.63, 3.8) is 0 Å². The third-order valence-electron chi connectivity index (χ3n) is 4.20. The minimum absolute atomic E-state index is 0.0231. The molecule has 1 aromatic heterocycles. The first-order chi connectivity index (χ1) is 9.24. The Morgan fingerprint density at radius 3 is 2.84 bits per heavy atom. The number of aromatic nitrogens is 1. The molecule has 1 aromatic carbocycles. The summed E-state index contributed by atoms with van der Waals surface area (Å²) in [5, 5.41) is 4.26.